The first-order valence-corrected chi connectivity index (χ1v) is 8.90. The van der Waals surface area contributed by atoms with Gasteiger partial charge >= 0.3 is 0 Å². The van der Waals surface area contributed by atoms with Crippen LogP contribution in [0.15, 0.2) is 42.7 Å². The average Bonchev–Trinajstić information content (AvgIpc) is 3.06. The average molecular weight is 317 g/mol. The van der Waals surface area contributed by atoms with Crippen LogP contribution in [-0.4, -0.2) is 38.0 Å². The van der Waals surface area contributed by atoms with Gasteiger partial charge in [0, 0.05) is 30.7 Å². The molecule has 0 radical (unpaired) electrons. The van der Waals surface area contributed by atoms with Crippen LogP contribution in [-0.2, 0) is 6.54 Å². The van der Waals surface area contributed by atoms with Gasteiger partial charge in [-0.15, -0.1) is 0 Å². The molecular formula is C17H23N3OS. The van der Waals surface area contributed by atoms with Gasteiger partial charge in [0.2, 0.25) is 0 Å². The number of aromatic nitrogens is 2. The number of nitrogens with zero attached hydrogens (tertiary/aromatic N) is 2. The third kappa shape index (κ3) is 3.21. The molecule has 0 saturated heterocycles. The number of hydrogen-bond donors (Lipinski definition) is 2. The van der Waals surface area contributed by atoms with Gasteiger partial charge in [-0.2, -0.15) is 16.9 Å². The van der Waals surface area contributed by atoms with E-state index in [9.17, 15) is 5.11 Å². The summed E-state index contributed by atoms with van der Waals surface area (Å²) in [6.07, 6.45) is 5.76. The molecule has 1 aromatic heterocycles. The summed E-state index contributed by atoms with van der Waals surface area (Å²) < 4.78 is 1.88. The topological polar surface area (TPSA) is 50.1 Å². The Labute approximate surface area is 135 Å². The molecule has 1 heterocycles. The lowest BCUT2D eigenvalue weighted by Gasteiger charge is -2.45. The first kappa shape index (κ1) is 15.6. The summed E-state index contributed by atoms with van der Waals surface area (Å²) >= 11 is 1.87. The molecule has 1 aromatic carbocycles. The van der Waals surface area contributed by atoms with E-state index in [4.69, 9.17) is 0 Å². The van der Waals surface area contributed by atoms with E-state index >= 15 is 0 Å². The van der Waals surface area contributed by atoms with Gasteiger partial charge in [-0.25, -0.2) is 4.68 Å². The van der Waals surface area contributed by atoms with E-state index in [2.05, 4.69) is 29.5 Å². The summed E-state index contributed by atoms with van der Waals surface area (Å²) in [5.41, 5.74) is 1.73. The second-order valence-electron chi connectivity index (χ2n) is 5.77. The van der Waals surface area contributed by atoms with Gasteiger partial charge in [-0.3, -0.25) is 0 Å². The highest BCUT2D eigenvalue weighted by atomic mass is 32.2. The number of benzene rings is 1. The second-order valence-corrected chi connectivity index (χ2v) is 7.25. The molecule has 1 fully saturated rings. The van der Waals surface area contributed by atoms with Crippen LogP contribution < -0.4 is 5.32 Å². The van der Waals surface area contributed by atoms with E-state index in [0.717, 1.165) is 30.8 Å². The highest BCUT2D eigenvalue weighted by molar-refractivity contribution is 8.00. The minimum Gasteiger partial charge on any atom is -0.387 e. The van der Waals surface area contributed by atoms with Crippen LogP contribution in [0.3, 0.4) is 0 Å². The minimum absolute atomic E-state index is 0.381. The van der Waals surface area contributed by atoms with Crippen molar-refractivity contribution < 1.29 is 5.11 Å². The zero-order valence-electron chi connectivity index (χ0n) is 12.9. The van der Waals surface area contributed by atoms with Crippen molar-refractivity contribution in [2.45, 2.75) is 37.2 Å². The van der Waals surface area contributed by atoms with Crippen LogP contribution in [0.25, 0.3) is 5.69 Å². The maximum absolute atomic E-state index is 10.6. The van der Waals surface area contributed by atoms with Gasteiger partial charge in [0.25, 0.3) is 0 Å². The van der Waals surface area contributed by atoms with Gasteiger partial charge in [0.1, 0.15) is 0 Å². The van der Waals surface area contributed by atoms with Crippen molar-refractivity contribution in [2.24, 2.45) is 0 Å². The van der Waals surface area contributed by atoms with E-state index < -0.39 is 5.60 Å². The Morgan fingerprint density at radius 2 is 2.27 bits per heavy atom. The number of thioether (sulfide) groups is 1. The monoisotopic (exact) mass is 317 g/mol. The predicted molar refractivity (Wildman–Crippen MR) is 91.4 cm³/mol. The summed E-state index contributed by atoms with van der Waals surface area (Å²) in [4.78, 5) is 0. The molecule has 0 aliphatic heterocycles. The Balaban J connectivity index is 1.61. The smallest absolute Gasteiger partial charge is 0.0889 e. The van der Waals surface area contributed by atoms with Crippen molar-refractivity contribution in [3.05, 3.63) is 48.3 Å². The highest BCUT2D eigenvalue weighted by Crippen LogP contribution is 2.40. The lowest BCUT2D eigenvalue weighted by atomic mass is 9.79. The predicted octanol–water partition coefficient (Wildman–Crippen LogP) is 2.61. The molecular weight excluding hydrogens is 294 g/mol. The van der Waals surface area contributed by atoms with Crippen LogP contribution in [0.2, 0.25) is 0 Å². The van der Waals surface area contributed by atoms with E-state index in [1.165, 1.54) is 5.56 Å². The summed E-state index contributed by atoms with van der Waals surface area (Å²) in [6, 6.07) is 10.2. The maximum atomic E-state index is 10.6. The normalized spacial score (nSPS) is 24.2. The Hall–Kier alpha value is -1.30. The fourth-order valence-electron chi connectivity index (χ4n) is 2.95. The van der Waals surface area contributed by atoms with E-state index in [-0.39, 0.29) is 0 Å². The molecule has 118 valence electrons. The van der Waals surface area contributed by atoms with Crippen LogP contribution in [0.5, 0.6) is 0 Å². The van der Waals surface area contributed by atoms with Crippen molar-refractivity contribution in [1.82, 2.24) is 15.1 Å². The number of aliphatic hydroxyl groups is 1. The maximum Gasteiger partial charge on any atom is 0.0889 e. The molecule has 0 amide bonds. The fourth-order valence-corrected chi connectivity index (χ4v) is 4.14. The second kappa shape index (κ2) is 6.86. The summed E-state index contributed by atoms with van der Waals surface area (Å²) in [5, 5.41) is 18.7. The molecule has 1 saturated carbocycles. The molecule has 1 aliphatic rings. The molecule has 2 atom stereocenters. The van der Waals surface area contributed by atoms with Gasteiger partial charge < -0.3 is 10.4 Å². The largest absolute Gasteiger partial charge is 0.387 e. The summed E-state index contributed by atoms with van der Waals surface area (Å²) in [5.74, 6) is 1.06. The van der Waals surface area contributed by atoms with Crippen LogP contribution in [0, 0.1) is 0 Å². The van der Waals surface area contributed by atoms with Crippen LogP contribution in [0.1, 0.15) is 25.3 Å². The van der Waals surface area contributed by atoms with Crippen LogP contribution in [0.4, 0.5) is 0 Å². The molecule has 3 rings (SSSR count). The lowest BCUT2D eigenvalue weighted by molar-refractivity contribution is -0.0234. The molecule has 22 heavy (non-hydrogen) atoms. The number of nitrogens with one attached hydrogen (secondary N) is 1. The van der Waals surface area contributed by atoms with E-state index in [1.807, 2.05) is 40.8 Å². The quantitative estimate of drug-likeness (QED) is 0.824. The van der Waals surface area contributed by atoms with Gasteiger partial charge in [0.15, 0.2) is 0 Å². The third-order valence-corrected chi connectivity index (χ3v) is 5.71. The Kier molecular flexibility index (Phi) is 4.86. The van der Waals surface area contributed by atoms with Crippen molar-refractivity contribution in [2.75, 3.05) is 12.3 Å². The van der Waals surface area contributed by atoms with Crippen molar-refractivity contribution in [3.8, 4) is 5.69 Å². The standard InChI is InChI=1S/C17H23N3OS/c1-2-22-16-8-9-17(16,21)13-18-12-14-6-3-4-7-15(14)20-11-5-10-19-20/h3-7,10-11,16,18,21H,2,8-9,12-13H2,1H3/t16-,17+/m1/s1. The van der Waals surface area contributed by atoms with Crippen molar-refractivity contribution >= 4 is 11.8 Å². The number of hydrogen-bond acceptors (Lipinski definition) is 4. The summed E-state index contributed by atoms with van der Waals surface area (Å²) in [6.45, 7) is 3.54. The first-order valence-electron chi connectivity index (χ1n) is 7.85. The molecule has 2 N–H and O–H groups in total. The minimum atomic E-state index is -0.540. The molecule has 0 bridgehead atoms. The molecule has 0 unspecified atom stereocenters. The molecule has 5 heteroatoms. The highest BCUT2D eigenvalue weighted by Gasteiger charge is 2.44. The van der Waals surface area contributed by atoms with Gasteiger partial charge in [0.05, 0.1) is 11.3 Å². The zero-order chi connectivity index (χ0) is 15.4. The van der Waals surface area contributed by atoms with E-state index in [1.54, 1.807) is 6.20 Å². The Morgan fingerprint density at radius 3 is 2.95 bits per heavy atom. The van der Waals surface area contributed by atoms with Crippen LogP contribution >= 0.6 is 11.8 Å². The Morgan fingerprint density at radius 1 is 1.41 bits per heavy atom. The van der Waals surface area contributed by atoms with Crippen molar-refractivity contribution in [1.29, 1.82) is 0 Å². The number of para-hydroxylation sites is 1. The SMILES string of the molecule is CCS[C@@H]1CC[C@]1(O)CNCc1ccccc1-n1cccn1. The van der Waals surface area contributed by atoms with Crippen molar-refractivity contribution in [3.63, 3.8) is 0 Å². The molecule has 1 aliphatic carbocycles. The molecule has 2 aromatic rings. The lowest BCUT2D eigenvalue weighted by Crippen LogP contribution is -2.56. The Bertz CT molecular complexity index is 602. The van der Waals surface area contributed by atoms with Gasteiger partial charge in [-0.05, 0) is 36.3 Å². The molecule has 0 spiro atoms. The fraction of sp³-hybridized carbons (Fsp3) is 0.471. The first-order chi connectivity index (χ1) is 10.7. The van der Waals surface area contributed by atoms with E-state index in [0.29, 0.717) is 11.8 Å². The molecule has 4 nitrogen and oxygen atoms in total. The number of rotatable bonds is 7. The third-order valence-electron chi connectivity index (χ3n) is 4.30. The summed E-state index contributed by atoms with van der Waals surface area (Å²) in [7, 11) is 0. The zero-order valence-corrected chi connectivity index (χ0v) is 13.7. The van der Waals surface area contributed by atoms with Gasteiger partial charge in [-0.1, -0.05) is 25.1 Å².